The maximum atomic E-state index is 12.1. The summed E-state index contributed by atoms with van der Waals surface area (Å²) in [6.07, 6.45) is 3.40. The summed E-state index contributed by atoms with van der Waals surface area (Å²) in [7, 11) is 1.57. The fourth-order valence-corrected chi connectivity index (χ4v) is 3.77. The Balaban J connectivity index is 1.75. The van der Waals surface area contributed by atoms with Crippen molar-refractivity contribution in [3.05, 3.63) is 17.7 Å². The molecular formula is C19H27N3O4. The van der Waals surface area contributed by atoms with Crippen LogP contribution in [0.2, 0.25) is 0 Å². The molecule has 0 aromatic heterocycles. The molecule has 1 aromatic carbocycles. The lowest BCUT2D eigenvalue weighted by Gasteiger charge is -2.39. The fourth-order valence-electron chi connectivity index (χ4n) is 3.77. The van der Waals surface area contributed by atoms with E-state index in [1.807, 2.05) is 11.0 Å². The summed E-state index contributed by atoms with van der Waals surface area (Å²) in [5.41, 5.74) is 7.88. The lowest BCUT2D eigenvalue weighted by molar-refractivity contribution is 0.0946. The zero-order chi connectivity index (χ0) is 18.7. The highest BCUT2D eigenvalue weighted by atomic mass is 16.6. The number of benzene rings is 1. The van der Waals surface area contributed by atoms with E-state index in [1.165, 1.54) is 0 Å². The van der Waals surface area contributed by atoms with Crippen molar-refractivity contribution in [1.29, 1.82) is 0 Å². The van der Waals surface area contributed by atoms with Crippen LogP contribution >= 0.6 is 0 Å². The molecule has 2 fully saturated rings. The second-order valence-corrected chi connectivity index (χ2v) is 6.90. The highest BCUT2D eigenvalue weighted by molar-refractivity contribution is 6.01. The third-order valence-electron chi connectivity index (χ3n) is 5.23. The minimum Gasteiger partial charge on any atom is -0.495 e. The number of hydrogen-bond donors (Lipinski definition) is 1. The van der Waals surface area contributed by atoms with Gasteiger partial charge in [0, 0.05) is 37.3 Å². The highest BCUT2D eigenvalue weighted by Crippen LogP contribution is 2.34. The standard InChI is InChI=1S/C19H27N3O4/c1-13(23)15-11-16(20)18(25-2)12-17(15)21-8-5-14(6-9-21)22-7-3-4-10-26-19(22)24/h11-12,14H,3-10,20H2,1-2H3. The molecule has 0 atom stereocenters. The van der Waals surface area contributed by atoms with E-state index < -0.39 is 0 Å². The number of cyclic esters (lactones) is 1. The molecule has 0 radical (unpaired) electrons. The SMILES string of the molecule is COc1cc(N2CCC(N3CCCCOC3=O)CC2)c(C(C)=O)cc1N. The van der Waals surface area contributed by atoms with Gasteiger partial charge in [-0.25, -0.2) is 4.79 Å². The molecule has 0 spiro atoms. The summed E-state index contributed by atoms with van der Waals surface area (Å²) >= 11 is 0. The number of carbonyl (C=O) groups excluding carboxylic acids is 2. The lowest BCUT2D eigenvalue weighted by Crippen LogP contribution is -2.47. The van der Waals surface area contributed by atoms with Crippen molar-refractivity contribution < 1.29 is 19.1 Å². The Bertz CT molecular complexity index is 684. The monoisotopic (exact) mass is 361 g/mol. The number of piperidine rings is 1. The number of amides is 1. The van der Waals surface area contributed by atoms with E-state index in [0.717, 1.165) is 51.0 Å². The first-order valence-electron chi connectivity index (χ1n) is 9.18. The average Bonchev–Trinajstić information content (AvgIpc) is 2.86. The van der Waals surface area contributed by atoms with Gasteiger partial charge in [0.05, 0.1) is 25.1 Å². The van der Waals surface area contributed by atoms with Crippen molar-refractivity contribution in [2.45, 2.75) is 38.6 Å². The molecule has 3 rings (SSSR count). The first kappa shape index (κ1) is 18.4. The Morgan fingerprint density at radius 3 is 2.62 bits per heavy atom. The maximum absolute atomic E-state index is 12.1. The van der Waals surface area contributed by atoms with E-state index in [2.05, 4.69) is 4.90 Å². The molecule has 2 N–H and O–H groups in total. The number of ketones is 1. The highest BCUT2D eigenvalue weighted by Gasteiger charge is 2.31. The normalized spacial score (nSPS) is 19.1. The third kappa shape index (κ3) is 3.71. The number of carbonyl (C=O) groups is 2. The van der Waals surface area contributed by atoms with Crippen molar-refractivity contribution in [1.82, 2.24) is 4.90 Å². The van der Waals surface area contributed by atoms with Gasteiger partial charge < -0.3 is 25.0 Å². The van der Waals surface area contributed by atoms with E-state index in [9.17, 15) is 9.59 Å². The molecule has 142 valence electrons. The van der Waals surface area contributed by atoms with Gasteiger partial charge in [-0.2, -0.15) is 0 Å². The Morgan fingerprint density at radius 1 is 1.23 bits per heavy atom. The molecule has 0 saturated carbocycles. The van der Waals surface area contributed by atoms with Crippen molar-refractivity contribution in [2.24, 2.45) is 0 Å². The zero-order valence-corrected chi connectivity index (χ0v) is 15.5. The van der Waals surface area contributed by atoms with Crippen LogP contribution in [0.1, 0.15) is 43.0 Å². The summed E-state index contributed by atoms with van der Waals surface area (Å²) in [5, 5.41) is 0. The van der Waals surface area contributed by atoms with Crippen molar-refractivity contribution >= 4 is 23.3 Å². The Morgan fingerprint density at radius 2 is 1.96 bits per heavy atom. The van der Waals surface area contributed by atoms with Crippen LogP contribution in [0.15, 0.2) is 12.1 Å². The minimum absolute atomic E-state index is 0.0208. The van der Waals surface area contributed by atoms with Crippen LogP contribution in [0.25, 0.3) is 0 Å². The molecule has 0 aliphatic carbocycles. The molecule has 2 saturated heterocycles. The largest absolute Gasteiger partial charge is 0.495 e. The maximum Gasteiger partial charge on any atom is 0.410 e. The molecule has 2 heterocycles. The van der Waals surface area contributed by atoms with Gasteiger partial charge in [-0.15, -0.1) is 0 Å². The number of methoxy groups -OCH3 is 1. The lowest BCUT2D eigenvalue weighted by atomic mass is 10.00. The van der Waals surface area contributed by atoms with Gasteiger partial charge in [0.25, 0.3) is 0 Å². The first-order chi connectivity index (χ1) is 12.5. The molecule has 26 heavy (non-hydrogen) atoms. The van der Waals surface area contributed by atoms with Crippen LogP contribution in [-0.4, -0.2) is 56.2 Å². The molecule has 0 unspecified atom stereocenters. The Labute approximate surface area is 154 Å². The molecule has 1 amide bonds. The smallest absolute Gasteiger partial charge is 0.410 e. The van der Waals surface area contributed by atoms with E-state index in [0.29, 0.717) is 23.6 Å². The van der Waals surface area contributed by atoms with Gasteiger partial charge in [0.2, 0.25) is 0 Å². The number of hydrogen-bond acceptors (Lipinski definition) is 6. The Hall–Kier alpha value is -2.44. The van der Waals surface area contributed by atoms with E-state index in [4.69, 9.17) is 15.2 Å². The van der Waals surface area contributed by atoms with Gasteiger partial charge in [0.15, 0.2) is 5.78 Å². The predicted octanol–water partition coefficient (Wildman–Crippen LogP) is 2.68. The van der Waals surface area contributed by atoms with E-state index >= 15 is 0 Å². The summed E-state index contributed by atoms with van der Waals surface area (Å²) in [6, 6.07) is 3.72. The van der Waals surface area contributed by atoms with Crippen LogP contribution in [0, 0.1) is 0 Å². The van der Waals surface area contributed by atoms with Gasteiger partial charge >= 0.3 is 6.09 Å². The van der Waals surface area contributed by atoms with Crippen molar-refractivity contribution in [3.8, 4) is 5.75 Å². The average molecular weight is 361 g/mol. The number of nitrogens with two attached hydrogens (primary N) is 1. The van der Waals surface area contributed by atoms with Crippen LogP contribution in [-0.2, 0) is 4.74 Å². The number of ether oxygens (including phenoxy) is 2. The van der Waals surface area contributed by atoms with Gasteiger partial charge in [0.1, 0.15) is 5.75 Å². The summed E-state index contributed by atoms with van der Waals surface area (Å²) in [5.74, 6) is 0.552. The molecule has 7 nitrogen and oxygen atoms in total. The molecule has 2 aliphatic heterocycles. The first-order valence-corrected chi connectivity index (χ1v) is 9.18. The van der Waals surface area contributed by atoms with Crippen molar-refractivity contribution in [3.63, 3.8) is 0 Å². The second-order valence-electron chi connectivity index (χ2n) is 6.90. The van der Waals surface area contributed by atoms with Gasteiger partial charge in [-0.05, 0) is 38.7 Å². The number of anilines is 2. The molecule has 0 bridgehead atoms. The van der Waals surface area contributed by atoms with Gasteiger partial charge in [-0.3, -0.25) is 4.79 Å². The van der Waals surface area contributed by atoms with E-state index in [-0.39, 0.29) is 17.9 Å². The molecule has 2 aliphatic rings. The molecule has 7 heteroatoms. The quantitative estimate of drug-likeness (QED) is 0.656. The van der Waals surface area contributed by atoms with Crippen LogP contribution in [0.3, 0.4) is 0 Å². The number of nitrogens with zero attached hydrogens (tertiary/aromatic N) is 2. The number of rotatable bonds is 4. The fraction of sp³-hybridized carbons (Fsp3) is 0.579. The van der Waals surface area contributed by atoms with E-state index in [1.54, 1.807) is 20.1 Å². The third-order valence-corrected chi connectivity index (χ3v) is 5.23. The molecular weight excluding hydrogens is 334 g/mol. The second kappa shape index (κ2) is 7.85. The summed E-state index contributed by atoms with van der Waals surface area (Å²) in [4.78, 5) is 28.3. The summed E-state index contributed by atoms with van der Waals surface area (Å²) < 4.78 is 10.6. The predicted molar refractivity (Wildman–Crippen MR) is 99.9 cm³/mol. The number of Topliss-reactive ketones (excluding diaryl/α,β-unsaturated/α-hetero) is 1. The van der Waals surface area contributed by atoms with Crippen LogP contribution < -0.4 is 15.4 Å². The Kier molecular flexibility index (Phi) is 5.54. The summed E-state index contributed by atoms with van der Waals surface area (Å²) in [6.45, 7) is 4.35. The minimum atomic E-state index is -0.195. The van der Waals surface area contributed by atoms with Crippen LogP contribution in [0.4, 0.5) is 16.2 Å². The number of nitrogen functional groups attached to an aromatic ring is 1. The van der Waals surface area contributed by atoms with Crippen molar-refractivity contribution in [2.75, 3.05) is 44.0 Å². The topological polar surface area (TPSA) is 85.1 Å². The molecule has 1 aromatic rings. The van der Waals surface area contributed by atoms with Crippen LogP contribution in [0.5, 0.6) is 5.75 Å². The van der Waals surface area contributed by atoms with Gasteiger partial charge in [-0.1, -0.05) is 0 Å². The zero-order valence-electron chi connectivity index (χ0n) is 15.5.